The van der Waals surface area contributed by atoms with Crippen molar-refractivity contribution in [3.05, 3.63) is 0 Å². The number of hydrogen-bond donors (Lipinski definition) is 1. The van der Waals surface area contributed by atoms with Crippen LogP contribution < -0.4 is 5.32 Å². The third-order valence-electron chi connectivity index (χ3n) is 4.44. The second-order valence-corrected chi connectivity index (χ2v) is 6.59. The highest BCUT2D eigenvalue weighted by molar-refractivity contribution is 4.86. The van der Waals surface area contributed by atoms with Gasteiger partial charge in [-0.1, -0.05) is 20.3 Å². The highest BCUT2D eigenvalue weighted by atomic mass is 15.2. The van der Waals surface area contributed by atoms with Crippen LogP contribution in [0.1, 0.15) is 52.9 Å². The number of nitrogens with zero attached hydrogens (tertiary/aromatic N) is 1. The molecule has 2 atom stereocenters. The summed E-state index contributed by atoms with van der Waals surface area (Å²) in [5, 5.41) is 3.59. The zero-order chi connectivity index (χ0) is 11.6. The first kappa shape index (κ1) is 12.4. The van der Waals surface area contributed by atoms with Crippen molar-refractivity contribution >= 4 is 0 Å². The second kappa shape index (κ2) is 5.05. The second-order valence-electron chi connectivity index (χ2n) is 6.59. The van der Waals surface area contributed by atoms with Crippen LogP contribution in [0.2, 0.25) is 0 Å². The zero-order valence-electron chi connectivity index (χ0n) is 11.3. The number of rotatable bonds is 1. The molecule has 2 rings (SSSR count). The largest absolute Gasteiger partial charge is 0.313 e. The van der Waals surface area contributed by atoms with Gasteiger partial charge < -0.3 is 5.32 Å². The van der Waals surface area contributed by atoms with Crippen LogP contribution >= 0.6 is 0 Å². The summed E-state index contributed by atoms with van der Waals surface area (Å²) in [4.78, 5) is 2.75. The highest BCUT2D eigenvalue weighted by Crippen LogP contribution is 2.37. The van der Waals surface area contributed by atoms with E-state index < -0.39 is 0 Å². The predicted molar refractivity (Wildman–Crippen MR) is 69.7 cm³/mol. The van der Waals surface area contributed by atoms with Crippen molar-refractivity contribution in [1.29, 1.82) is 0 Å². The van der Waals surface area contributed by atoms with E-state index in [1.165, 1.54) is 51.7 Å². The van der Waals surface area contributed by atoms with Gasteiger partial charge in [0.05, 0.1) is 0 Å². The SMILES string of the molecule is CC1CCN(C2CCCC(C)(C)C2)CCN1. The van der Waals surface area contributed by atoms with E-state index in [4.69, 9.17) is 0 Å². The molecule has 1 saturated heterocycles. The van der Waals surface area contributed by atoms with E-state index in [0.717, 1.165) is 6.04 Å². The Morgan fingerprint density at radius 3 is 2.75 bits per heavy atom. The maximum absolute atomic E-state index is 3.59. The maximum atomic E-state index is 3.59. The first-order valence-corrected chi connectivity index (χ1v) is 7.04. The van der Waals surface area contributed by atoms with Crippen LogP contribution in [0.3, 0.4) is 0 Å². The van der Waals surface area contributed by atoms with Gasteiger partial charge in [0.1, 0.15) is 0 Å². The topological polar surface area (TPSA) is 15.3 Å². The molecule has 0 amide bonds. The summed E-state index contributed by atoms with van der Waals surface area (Å²) in [6, 6.07) is 1.57. The molecule has 1 heterocycles. The lowest BCUT2D eigenvalue weighted by atomic mass is 9.74. The molecule has 16 heavy (non-hydrogen) atoms. The van der Waals surface area contributed by atoms with E-state index in [2.05, 4.69) is 31.0 Å². The first-order chi connectivity index (χ1) is 7.57. The van der Waals surface area contributed by atoms with Crippen LogP contribution in [0.5, 0.6) is 0 Å². The molecular formula is C14H28N2. The van der Waals surface area contributed by atoms with Crippen LogP contribution in [0, 0.1) is 5.41 Å². The number of nitrogens with one attached hydrogen (secondary N) is 1. The molecule has 2 nitrogen and oxygen atoms in total. The molecule has 2 aliphatic rings. The van der Waals surface area contributed by atoms with Crippen LogP contribution in [-0.2, 0) is 0 Å². The fraction of sp³-hybridized carbons (Fsp3) is 1.00. The predicted octanol–water partition coefficient (Wildman–Crippen LogP) is 2.64. The van der Waals surface area contributed by atoms with Crippen LogP contribution in [0.25, 0.3) is 0 Å². The van der Waals surface area contributed by atoms with Gasteiger partial charge in [-0.2, -0.15) is 0 Å². The lowest BCUT2D eigenvalue weighted by molar-refractivity contribution is 0.0991. The average Bonchev–Trinajstić information content (AvgIpc) is 2.41. The average molecular weight is 224 g/mol. The highest BCUT2D eigenvalue weighted by Gasteiger charge is 2.31. The fourth-order valence-electron chi connectivity index (χ4n) is 3.36. The summed E-state index contributed by atoms with van der Waals surface area (Å²) in [6.45, 7) is 10.9. The minimum absolute atomic E-state index is 0.578. The van der Waals surface area contributed by atoms with Gasteiger partial charge in [-0.15, -0.1) is 0 Å². The molecule has 94 valence electrons. The Labute approximate surface area is 101 Å². The first-order valence-electron chi connectivity index (χ1n) is 7.04. The van der Waals surface area contributed by atoms with Crippen LogP contribution in [0.4, 0.5) is 0 Å². The zero-order valence-corrected chi connectivity index (χ0v) is 11.3. The van der Waals surface area contributed by atoms with Crippen molar-refractivity contribution in [3.8, 4) is 0 Å². The van der Waals surface area contributed by atoms with Gasteiger partial charge in [0.25, 0.3) is 0 Å². The molecule has 1 aliphatic carbocycles. The van der Waals surface area contributed by atoms with Gasteiger partial charge in [0, 0.05) is 25.2 Å². The van der Waals surface area contributed by atoms with E-state index in [9.17, 15) is 0 Å². The maximum Gasteiger partial charge on any atom is 0.0110 e. The van der Waals surface area contributed by atoms with Crippen molar-refractivity contribution in [2.24, 2.45) is 5.41 Å². The van der Waals surface area contributed by atoms with Gasteiger partial charge in [-0.3, -0.25) is 4.90 Å². The summed E-state index contributed by atoms with van der Waals surface area (Å²) in [5.74, 6) is 0. The third-order valence-corrected chi connectivity index (χ3v) is 4.44. The van der Waals surface area contributed by atoms with Crippen molar-refractivity contribution in [1.82, 2.24) is 10.2 Å². The van der Waals surface area contributed by atoms with Crippen molar-refractivity contribution in [2.75, 3.05) is 19.6 Å². The number of hydrogen-bond acceptors (Lipinski definition) is 2. The quantitative estimate of drug-likeness (QED) is 0.736. The molecule has 1 aliphatic heterocycles. The van der Waals surface area contributed by atoms with Gasteiger partial charge in [-0.25, -0.2) is 0 Å². The lowest BCUT2D eigenvalue weighted by Crippen LogP contribution is -2.42. The van der Waals surface area contributed by atoms with E-state index in [1.807, 2.05) is 0 Å². The summed E-state index contributed by atoms with van der Waals surface area (Å²) >= 11 is 0. The van der Waals surface area contributed by atoms with Gasteiger partial charge >= 0.3 is 0 Å². The van der Waals surface area contributed by atoms with E-state index >= 15 is 0 Å². The molecule has 2 unspecified atom stereocenters. The molecule has 1 N–H and O–H groups in total. The fourth-order valence-corrected chi connectivity index (χ4v) is 3.36. The molecule has 0 radical (unpaired) electrons. The van der Waals surface area contributed by atoms with E-state index in [1.54, 1.807) is 0 Å². The molecule has 0 aromatic carbocycles. The van der Waals surface area contributed by atoms with Gasteiger partial charge in [-0.05, 0) is 44.6 Å². The van der Waals surface area contributed by atoms with E-state index in [-0.39, 0.29) is 0 Å². The molecule has 0 aromatic heterocycles. The molecule has 2 fully saturated rings. The lowest BCUT2D eigenvalue weighted by Gasteiger charge is -2.41. The van der Waals surface area contributed by atoms with Crippen molar-refractivity contribution in [2.45, 2.75) is 65.0 Å². The summed E-state index contributed by atoms with van der Waals surface area (Å²) in [7, 11) is 0. The molecule has 0 bridgehead atoms. The Balaban J connectivity index is 1.91. The Morgan fingerprint density at radius 1 is 1.19 bits per heavy atom. The Hall–Kier alpha value is -0.0800. The van der Waals surface area contributed by atoms with Crippen LogP contribution in [0.15, 0.2) is 0 Å². The normalized spacial score (nSPS) is 36.9. The van der Waals surface area contributed by atoms with Gasteiger partial charge in [0.2, 0.25) is 0 Å². The Kier molecular flexibility index (Phi) is 3.91. The smallest absolute Gasteiger partial charge is 0.0110 e. The van der Waals surface area contributed by atoms with Crippen molar-refractivity contribution < 1.29 is 0 Å². The molecule has 1 saturated carbocycles. The standard InChI is InChI=1S/C14H28N2/c1-12-6-9-16(10-8-15-12)13-5-4-7-14(2,3)11-13/h12-13,15H,4-11H2,1-3H3. The van der Waals surface area contributed by atoms with E-state index in [0.29, 0.717) is 11.5 Å². The van der Waals surface area contributed by atoms with Gasteiger partial charge in [0.15, 0.2) is 0 Å². The minimum Gasteiger partial charge on any atom is -0.313 e. The summed E-state index contributed by atoms with van der Waals surface area (Å²) in [6.07, 6.45) is 7.00. The summed E-state index contributed by atoms with van der Waals surface area (Å²) < 4.78 is 0. The minimum atomic E-state index is 0.578. The molecular weight excluding hydrogens is 196 g/mol. The molecule has 2 heteroatoms. The van der Waals surface area contributed by atoms with Crippen LogP contribution in [-0.4, -0.2) is 36.6 Å². The Bertz CT molecular complexity index is 225. The monoisotopic (exact) mass is 224 g/mol. The molecule has 0 spiro atoms. The third kappa shape index (κ3) is 3.21. The van der Waals surface area contributed by atoms with Crippen molar-refractivity contribution in [3.63, 3.8) is 0 Å². The summed E-state index contributed by atoms with van der Waals surface area (Å²) in [5.41, 5.74) is 0.578. The molecule has 0 aromatic rings. The Morgan fingerprint density at radius 2 is 2.00 bits per heavy atom.